The minimum Gasteiger partial charge on any atom is -0.495 e. The van der Waals surface area contributed by atoms with Gasteiger partial charge < -0.3 is 14.5 Å². The molecule has 0 bridgehead atoms. The number of methoxy groups -OCH3 is 1. The molecule has 3 rings (SSSR count). The van der Waals surface area contributed by atoms with Crippen molar-refractivity contribution in [2.75, 3.05) is 33.3 Å². The third-order valence-corrected chi connectivity index (χ3v) is 5.90. The zero-order chi connectivity index (χ0) is 18.7. The highest BCUT2D eigenvalue weighted by molar-refractivity contribution is 6.32. The topological polar surface area (TPSA) is 49.9 Å². The fraction of sp³-hybridized carbons (Fsp3) is 0.500. The first kappa shape index (κ1) is 18.8. The molecule has 140 valence electrons. The third-order valence-electron chi connectivity index (χ3n) is 5.61. The van der Waals surface area contributed by atoms with E-state index in [1.165, 1.54) is 0 Å². The fourth-order valence-electron chi connectivity index (χ4n) is 4.00. The average Bonchev–Trinajstić information content (AvgIpc) is 2.65. The second-order valence-corrected chi connectivity index (χ2v) is 7.61. The van der Waals surface area contributed by atoms with E-state index < -0.39 is 0 Å². The number of ether oxygens (including phenoxy) is 1. The maximum absolute atomic E-state index is 12.8. The van der Waals surface area contributed by atoms with Crippen molar-refractivity contribution < 1.29 is 14.3 Å². The van der Waals surface area contributed by atoms with Gasteiger partial charge in [0.25, 0.3) is 5.91 Å². The molecule has 1 spiro atoms. The first-order valence-electron chi connectivity index (χ1n) is 8.99. The van der Waals surface area contributed by atoms with Gasteiger partial charge >= 0.3 is 0 Å². The van der Waals surface area contributed by atoms with Gasteiger partial charge in [-0.2, -0.15) is 0 Å². The molecule has 2 saturated heterocycles. The number of carbonyl (C=O) groups excluding carboxylic acids is 2. The number of halogens is 1. The number of carbonyl (C=O) groups is 2. The minimum atomic E-state index is -0.000707. The molecule has 2 amide bonds. The zero-order valence-electron chi connectivity index (χ0n) is 15.2. The highest BCUT2D eigenvalue weighted by Gasteiger charge is 2.41. The number of hydrogen-bond acceptors (Lipinski definition) is 3. The molecule has 0 aliphatic carbocycles. The first-order chi connectivity index (χ1) is 12.5. The van der Waals surface area contributed by atoms with E-state index in [-0.39, 0.29) is 17.2 Å². The van der Waals surface area contributed by atoms with Gasteiger partial charge in [0.1, 0.15) is 5.75 Å². The van der Waals surface area contributed by atoms with Crippen LogP contribution in [0.4, 0.5) is 0 Å². The van der Waals surface area contributed by atoms with Gasteiger partial charge in [-0.05, 0) is 42.9 Å². The van der Waals surface area contributed by atoms with E-state index in [1.807, 2.05) is 9.80 Å². The van der Waals surface area contributed by atoms with Crippen LogP contribution < -0.4 is 4.74 Å². The van der Waals surface area contributed by atoms with Crippen molar-refractivity contribution >= 4 is 23.4 Å². The van der Waals surface area contributed by atoms with Crippen LogP contribution in [0, 0.1) is 5.41 Å². The van der Waals surface area contributed by atoms with Crippen LogP contribution in [0.15, 0.2) is 30.9 Å². The summed E-state index contributed by atoms with van der Waals surface area (Å²) in [5, 5.41) is 0.442. The summed E-state index contributed by atoms with van der Waals surface area (Å²) in [6, 6.07) is 5.14. The normalized spacial score (nSPS) is 19.5. The molecule has 0 saturated carbocycles. The summed E-state index contributed by atoms with van der Waals surface area (Å²) in [6.45, 7) is 6.54. The Labute approximate surface area is 159 Å². The van der Waals surface area contributed by atoms with Gasteiger partial charge in [-0.3, -0.25) is 9.59 Å². The Hall–Kier alpha value is -2.01. The van der Waals surface area contributed by atoms with Gasteiger partial charge in [0.05, 0.1) is 12.1 Å². The van der Waals surface area contributed by atoms with Crippen molar-refractivity contribution in [3.8, 4) is 5.75 Å². The summed E-state index contributed by atoms with van der Waals surface area (Å²) in [5.74, 6) is 0.774. The molecule has 26 heavy (non-hydrogen) atoms. The van der Waals surface area contributed by atoms with Gasteiger partial charge in [-0.25, -0.2) is 0 Å². The van der Waals surface area contributed by atoms with E-state index in [9.17, 15) is 9.59 Å². The lowest BCUT2D eigenvalue weighted by Crippen LogP contribution is -2.52. The van der Waals surface area contributed by atoms with E-state index in [0.717, 1.165) is 25.8 Å². The molecule has 1 aromatic carbocycles. The molecule has 0 atom stereocenters. The standard InChI is InChI=1S/C20H25ClN2O3/c1-3-10-23-14-20(7-6-18(23)24)8-11-22(12-9-20)19(25)15-4-5-17(26-2)16(21)13-15/h3-5,13H,1,6-12,14H2,2H3. The first-order valence-corrected chi connectivity index (χ1v) is 9.37. The van der Waals surface area contributed by atoms with Crippen molar-refractivity contribution in [3.63, 3.8) is 0 Å². The Morgan fingerprint density at radius 2 is 2.08 bits per heavy atom. The van der Waals surface area contributed by atoms with Crippen LogP contribution in [0.1, 0.15) is 36.0 Å². The van der Waals surface area contributed by atoms with Gasteiger partial charge in [-0.1, -0.05) is 17.7 Å². The van der Waals surface area contributed by atoms with Crippen LogP contribution in [-0.4, -0.2) is 54.9 Å². The molecule has 0 N–H and O–H groups in total. The van der Waals surface area contributed by atoms with Crippen molar-refractivity contribution in [1.82, 2.24) is 9.80 Å². The highest BCUT2D eigenvalue weighted by atomic mass is 35.5. The summed E-state index contributed by atoms with van der Waals surface area (Å²) in [4.78, 5) is 28.6. The Morgan fingerprint density at radius 3 is 2.69 bits per heavy atom. The van der Waals surface area contributed by atoms with Crippen molar-refractivity contribution in [2.24, 2.45) is 5.41 Å². The van der Waals surface area contributed by atoms with Crippen molar-refractivity contribution in [1.29, 1.82) is 0 Å². The summed E-state index contributed by atoms with van der Waals surface area (Å²) < 4.78 is 5.14. The molecule has 2 aliphatic rings. The molecular formula is C20H25ClN2O3. The van der Waals surface area contributed by atoms with E-state index in [0.29, 0.717) is 42.4 Å². The van der Waals surface area contributed by atoms with Crippen LogP contribution >= 0.6 is 11.6 Å². The predicted molar refractivity (Wildman–Crippen MR) is 102 cm³/mol. The van der Waals surface area contributed by atoms with Crippen molar-refractivity contribution in [3.05, 3.63) is 41.4 Å². The molecule has 0 unspecified atom stereocenters. The molecule has 6 heteroatoms. The Morgan fingerprint density at radius 1 is 1.35 bits per heavy atom. The monoisotopic (exact) mass is 376 g/mol. The van der Waals surface area contributed by atoms with E-state index in [4.69, 9.17) is 16.3 Å². The van der Waals surface area contributed by atoms with E-state index in [2.05, 4.69) is 6.58 Å². The van der Waals surface area contributed by atoms with Crippen LogP contribution in [0.2, 0.25) is 5.02 Å². The number of piperidine rings is 2. The van der Waals surface area contributed by atoms with E-state index >= 15 is 0 Å². The number of likely N-dealkylation sites (tertiary alicyclic amines) is 2. The van der Waals surface area contributed by atoms with Crippen LogP contribution in [0.25, 0.3) is 0 Å². The maximum atomic E-state index is 12.8. The van der Waals surface area contributed by atoms with E-state index in [1.54, 1.807) is 31.4 Å². The number of hydrogen-bond donors (Lipinski definition) is 0. The van der Waals surface area contributed by atoms with Crippen LogP contribution in [0.5, 0.6) is 5.75 Å². The van der Waals surface area contributed by atoms with Crippen molar-refractivity contribution in [2.45, 2.75) is 25.7 Å². The summed E-state index contributed by atoms with van der Waals surface area (Å²) in [7, 11) is 1.55. The quantitative estimate of drug-likeness (QED) is 0.757. The molecule has 5 nitrogen and oxygen atoms in total. The molecule has 0 radical (unpaired) electrons. The van der Waals surface area contributed by atoms with Gasteiger partial charge in [0.2, 0.25) is 5.91 Å². The number of amides is 2. The summed E-state index contributed by atoms with van der Waals surface area (Å²) in [5.41, 5.74) is 0.712. The number of benzene rings is 1. The average molecular weight is 377 g/mol. The predicted octanol–water partition coefficient (Wildman–Crippen LogP) is 3.38. The zero-order valence-corrected chi connectivity index (χ0v) is 15.9. The second-order valence-electron chi connectivity index (χ2n) is 7.20. The number of rotatable bonds is 4. The lowest BCUT2D eigenvalue weighted by molar-refractivity contribution is -0.138. The minimum absolute atomic E-state index is 0.000707. The van der Waals surface area contributed by atoms with Crippen LogP contribution in [0.3, 0.4) is 0 Å². The summed E-state index contributed by atoms with van der Waals surface area (Å²) in [6.07, 6.45) is 5.13. The third kappa shape index (κ3) is 3.73. The largest absolute Gasteiger partial charge is 0.495 e. The SMILES string of the molecule is C=CCN1CC2(CCC1=O)CCN(C(=O)c1ccc(OC)c(Cl)c1)CC2. The lowest BCUT2D eigenvalue weighted by atomic mass is 9.72. The lowest BCUT2D eigenvalue weighted by Gasteiger charge is -2.47. The Balaban J connectivity index is 1.64. The van der Waals surface area contributed by atoms with Gasteiger partial charge in [0, 0.05) is 38.2 Å². The van der Waals surface area contributed by atoms with Gasteiger partial charge in [0.15, 0.2) is 0 Å². The molecule has 2 fully saturated rings. The highest BCUT2D eigenvalue weighted by Crippen LogP contribution is 2.40. The summed E-state index contributed by atoms with van der Waals surface area (Å²) >= 11 is 6.15. The molecular weight excluding hydrogens is 352 g/mol. The molecule has 2 aliphatic heterocycles. The van der Waals surface area contributed by atoms with Gasteiger partial charge in [-0.15, -0.1) is 6.58 Å². The molecule has 2 heterocycles. The molecule has 0 aromatic heterocycles. The fourth-order valence-corrected chi connectivity index (χ4v) is 4.26. The van der Waals surface area contributed by atoms with Crippen LogP contribution in [-0.2, 0) is 4.79 Å². The molecule has 1 aromatic rings. The number of nitrogens with zero attached hydrogens (tertiary/aromatic N) is 2. The maximum Gasteiger partial charge on any atom is 0.253 e. The Kier molecular flexibility index (Phi) is 5.56. The second kappa shape index (κ2) is 7.70. The smallest absolute Gasteiger partial charge is 0.253 e. The Bertz CT molecular complexity index is 711.